The molecule has 8 heteroatoms. The molecule has 1 aliphatic rings. The lowest BCUT2D eigenvalue weighted by molar-refractivity contribution is -0.123. The number of amides is 2. The molecule has 0 fully saturated rings. The van der Waals surface area contributed by atoms with E-state index in [1.54, 1.807) is 30.3 Å². The zero-order valence-corrected chi connectivity index (χ0v) is 15.0. The number of carbonyl (C=O) groups is 2. The molecule has 0 bridgehead atoms. The number of nitrogens with one attached hydrogen (secondary N) is 2. The molecule has 0 aromatic heterocycles. The van der Waals surface area contributed by atoms with E-state index in [9.17, 15) is 9.59 Å². The van der Waals surface area contributed by atoms with Gasteiger partial charge in [0.15, 0.2) is 18.1 Å². The number of rotatable bonds is 4. The fraction of sp³-hybridized carbons (Fsp3) is 0.222. The van der Waals surface area contributed by atoms with Crippen LogP contribution in [0.5, 0.6) is 17.2 Å². The first-order chi connectivity index (χ1) is 12.4. The molecular weight excluding hydrogens is 360 g/mol. The number of benzene rings is 2. The molecule has 0 unspecified atom stereocenters. The average Bonchev–Trinajstić information content (AvgIpc) is 3.06. The molecule has 2 amide bonds. The van der Waals surface area contributed by atoms with Crippen molar-refractivity contribution in [1.29, 1.82) is 0 Å². The summed E-state index contributed by atoms with van der Waals surface area (Å²) >= 11 is 5.96. The minimum Gasteiger partial charge on any atom is -0.483 e. The van der Waals surface area contributed by atoms with Gasteiger partial charge in [-0.3, -0.25) is 20.4 Å². The molecule has 2 aromatic carbocycles. The van der Waals surface area contributed by atoms with Crippen molar-refractivity contribution in [3.63, 3.8) is 0 Å². The second kappa shape index (κ2) is 7.53. The lowest BCUT2D eigenvalue weighted by Gasteiger charge is -2.13. The van der Waals surface area contributed by atoms with Crippen LogP contribution in [0, 0.1) is 13.8 Å². The highest BCUT2D eigenvalue weighted by molar-refractivity contribution is 6.30. The third-order valence-electron chi connectivity index (χ3n) is 3.72. The summed E-state index contributed by atoms with van der Waals surface area (Å²) in [5.74, 6) is 0.684. The molecule has 0 aliphatic carbocycles. The Balaban J connectivity index is 1.52. The van der Waals surface area contributed by atoms with Crippen LogP contribution >= 0.6 is 11.6 Å². The van der Waals surface area contributed by atoms with E-state index in [2.05, 4.69) is 10.9 Å². The van der Waals surface area contributed by atoms with Crippen LogP contribution in [0.4, 0.5) is 0 Å². The predicted molar refractivity (Wildman–Crippen MR) is 94.6 cm³/mol. The normalized spacial score (nSPS) is 11.8. The van der Waals surface area contributed by atoms with Crippen molar-refractivity contribution in [2.45, 2.75) is 13.8 Å². The summed E-state index contributed by atoms with van der Waals surface area (Å²) < 4.78 is 15.9. The van der Waals surface area contributed by atoms with Crippen LogP contribution in [0.1, 0.15) is 21.5 Å². The SMILES string of the molecule is Cc1cc(Cl)cc(C)c1OCC(=O)NNC(=O)c1ccc2c(c1)OCO2. The van der Waals surface area contributed by atoms with E-state index < -0.39 is 11.8 Å². The minimum atomic E-state index is -0.493. The molecule has 2 N–H and O–H groups in total. The highest BCUT2D eigenvalue weighted by Crippen LogP contribution is 2.32. The number of hydrazine groups is 1. The first kappa shape index (κ1) is 17.9. The third-order valence-corrected chi connectivity index (χ3v) is 3.94. The van der Waals surface area contributed by atoms with E-state index in [-0.39, 0.29) is 13.4 Å². The van der Waals surface area contributed by atoms with Gasteiger partial charge in [-0.2, -0.15) is 0 Å². The standard InChI is InChI=1S/C18H17ClN2O5/c1-10-5-13(19)6-11(2)17(10)24-8-16(22)20-21-18(23)12-3-4-14-15(7-12)26-9-25-14/h3-7H,8-9H2,1-2H3,(H,20,22)(H,21,23). The summed E-state index contributed by atoms with van der Waals surface area (Å²) in [6.45, 7) is 3.56. The average molecular weight is 377 g/mol. The van der Waals surface area contributed by atoms with Crippen molar-refractivity contribution >= 4 is 23.4 Å². The second-order valence-electron chi connectivity index (χ2n) is 5.73. The van der Waals surface area contributed by atoms with Gasteiger partial charge in [0.1, 0.15) is 5.75 Å². The smallest absolute Gasteiger partial charge is 0.276 e. The summed E-state index contributed by atoms with van der Waals surface area (Å²) in [5, 5.41) is 0.604. The molecule has 26 heavy (non-hydrogen) atoms. The van der Waals surface area contributed by atoms with Gasteiger partial charge in [0.25, 0.3) is 11.8 Å². The zero-order valence-electron chi connectivity index (χ0n) is 14.2. The van der Waals surface area contributed by atoms with E-state index >= 15 is 0 Å². The molecule has 136 valence electrons. The number of halogens is 1. The first-order valence-electron chi connectivity index (χ1n) is 7.82. The van der Waals surface area contributed by atoms with Crippen molar-refractivity contribution in [2.24, 2.45) is 0 Å². The van der Waals surface area contributed by atoms with Crippen molar-refractivity contribution in [3.05, 3.63) is 52.0 Å². The van der Waals surface area contributed by atoms with Gasteiger partial charge in [0.2, 0.25) is 6.79 Å². The Kier molecular flexibility index (Phi) is 5.18. The summed E-state index contributed by atoms with van der Waals surface area (Å²) in [6.07, 6.45) is 0. The number of hydrogen-bond acceptors (Lipinski definition) is 5. The summed E-state index contributed by atoms with van der Waals surface area (Å²) in [6, 6.07) is 8.26. The minimum absolute atomic E-state index is 0.123. The number of aryl methyl sites for hydroxylation is 2. The predicted octanol–water partition coefficient (Wildman–Crippen LogP) is 2.53. The van der Waals surface area contributed by atoms with Crippen LogP contribution in [-0.4, -0.2) is 25.2 Å². The Morgan fingerprint density at radius 1 is 1.08 bits per heavy atom. The zero-order chi connectivity index (χ0) is 18.7. The Bertz CT molecular complexity index is 846. The van der Waals surface area contributed by atoms with E-state index in [4.69, 9.17) is 25.8 Å². The van der Waals surface area contributed by atoms with Gasteiger partial charge >= 0.3 is 0 Å². The molecule has 0 radical (unpaired) electrons. The van der Waals surface area contributed by atoms with Gasteiger partial charge in [0.05, 0.1) is 0 Å². The van der Waals surface area contributed by atoms with Crippen LogP contribution in [0.25, 0.3) is 0 Å². The van der Waals surface area contributed by atoms with Crippen LogP contribution in [-0.2, 0) is 4.79 Å². The van der Waals surface area contributed by atoms with Crippen LogP contribution in [0.15, 0.2) is 30.3 Å². The maximum Gasteiger partial charge on any atom is 0.276 e. The maximum absolute atomic E-state index is 12.1. The Morgan fingerprint density at radius 3 is 2.50 bits per heavy atom. The molecule has 7 nitrogen and oxygen atoms in total. The molecule has 1 heterocycles. The van der Waals surface area contributed by atoms with Gasteiger partial charge in [-0.05, 0) is 55.3 Å². The van der Waals surface area contributed by atoms with E-state index in [0.717, 1.165) is 11.1 Å². The van der Waals surface area contributed by atoms with Gasteiger partial charge in [0, 0.05) is 10.6 Å². The molecular formula is C18H17ClN2O5. The molecule has 1 aliphatic heterocycles. The van der Waals surface area contributed by atoms with E-state index in [1.807, 2.05) is 13.8 Å². The van der Waals surface area contributed by atoms with Crippen molar-refractivity contribution in [3.8, 4) is 17.2 Å². The lowest BCUT2D eigenvalue weighted by atomic mass is 10.1. The van der Waals surface area contributed by atoms with Crippen molar-refractivity contribution < 1.29 is 23.8 Å². The van der Waals surface area contributed by atoms with Crippen molar-refractivity contribution in [2.75, 3.05) is 13.4 Å². The third kappa shape index (κ3) is 4.00. The van der Waals surface area contributed by atoms with E-state index in [0.29, 0.717) is 27.8 Å². The quantitative estimate of drug-likeness (QED) is 0.801. The molecule has 0 saturated heterocycles. The fourth-order valence-corrected chi connectivity index (χ4v) is 2.86. The molecule has 0 atom stereocenters. The summed E-state index contributed by atoms with van der Waals surface area (Å²) in [4.78, 5) is 24.0. The monoisotopic (exact) mass is 376 g/mol. The van der Waals surface area contributed by atoms with Crippen LogP contribution in [0.2, 0.25) is 5.02 Å². The van der Waals surface area contributed by atoms with Gasteiger partial charge in [-0.1, -0.05) is 11.6 Å². The second-order valence-corrected chi connectivity index (χ2v) is 6.16. The largest absolute Gasteiger partial charge is 0.483 e. The molecule has 2 aromatic rings. The summed E-state index contributed by atoms with van der Waals surface area (Å²) in [5.41, 5.74) is 6.62. The van der Waals surface area contributed by atoms with Gasteiger partial charge < -0.3 is 14.2 Å². The maximum atomic E-state index is 12.1. The summed E-state index contributed by atoms with van der Waals surface area (Å²) in [7, 11) is 0. The molecule has 0 spiro atoms. The lowest BCUT2D eigenvalue weighted by Crippen LogP contribution is -2.43. The van der Waals surface area contributed by atoms with Gasteiger partial charge in [-0.25, -0.2) is 0 Å². The highest BCUT2D eigenvalue weighted by atomic mass is 35.5. The molecule has 3 rings (SSSR count). The number of carbonyl (C=O) groups excluding carboxylic acids is 2. The number of ether oxygens (including phenoxy) is 3. The van der Waals surface area contributed by atoms with E-state index in [1.165, 1.54) is 0 Å². The number of hydrogen-bond donors (Lipinski definition) is 2. The van der Waals surface area contributed by atoms with Crippen molar-refractivity contribution in [1.82, 2.24) is 10.9 Å². The highest BCUT2D eigenvalue weighted by Gasteiger charge is 2.16. The topological polar surface area (TPSA) is 85.9 Å². The fourth-order valence-electron chi connectivity index (χ4n) is 2.54. The van der Waals surface area contributed by atoms with Crippen LogP contribution < -0.4 is 25.1 Å². The first-order valence-corrected chi connectivity index (χ1v) is 8.20. The Hall–Kier alpha value is -2.93. The number of fused-ring (bicyclic) bond motifs is 1. The Labute approximate surface area is 155 Å². The molecule has 0 saturated carbocycles. The Morgan fingerprint density at radius 2 is 1.77 bits per heavy atom. The van der Waals surface area contributed by atoms with Crippen LogP contribution in [0.3, 0.4) is 0 Å². The van der Waals surface area contributed by atoms with Gasteiger partial charge in [-0.15, -0.1) is 0 Å².